The van der Waals surface area contributed by atoms with Gasteiger partial charge < -0.3 is 10.6 Å². The summed E-state index contributed by atoms with van der Waals surface area (Å²) in [6, 6.07) is 15.2. The van der Waals surface area contributed by atoms with Crippen molar-refractivity contribution in [3.63, 3.8) is 0 Å². The van der Waals surface area contributed by atoms with Crippen LogP contribution in [0.4, 0.5) is 11.4 Å². The fraction of sp³-hybridized carbons (Fsp3) is 0.176. The minimum absolute atomic E-state index is 0.122. The molecule has 0 radical (unpaired) electrons. The first-order valence-corrected chi connectivity index (χ1v) is 7.93. The Bertz CT molecular complexity index is 713. The van der Waals surface area contributed by atoms with Crippen molar-refractivity contribution in [2.45, 2.75) is 23.5 Å². The third kappa shape index (κ3) is 3.31. The summed E-state index contributed by atoms with van der Waals surface area (Å²) in [6.07, 6.45) is 0.151. The lowest BCUT2D eigenvalue weighted by Gasteiger charge is -2.23. The van der Waals surface area contributed by atoms with Gasteiger partial charge in [0.15, 0.2) is 0 Å². The average molecular weight is 312 g/mol. The molecule has 1 heterocycles. The first-order chi connectivity index (χ1) is 10.6. The van der Waals surface area contributed by atoms with Crippen LogP contribution in [0.15, 0.2) is 53.4 Å². The maximum atomic E-state index is 12.1. The second kappa shape index (κ2) is 6.23. The monoisotopic (exact) mass is 312 g/mol. The van der Waals surface area contributed by atoms with E-state index in [2.05, 4.69) is 10.6 Å². The zero-order valence-corrected chi connectivity index (χ0v) is 12.9. The van der Waals surface area contributed by atoms with Gasteiger partial charge in [0.05, 0.1) is 10.9 Å². The topological polar surface area (TPSA) is 58.2 Å². The van der Waals surface area contributed by atoms with Crippen molar-refractivity contribution < 1.29 is 9.59 Å². The van der Waals surface area contributed by atoms with Crippen molar-refractivity contribution in [1.29, 1.82) is 0 Å². The van der Waals surface area contributed by atoms with Crippen molar-refractivity contribution in [3.05, 3.63) is 54.1 Å². The highest BCUT2D eigenvalue weighted by Crippen LogP contribution is 2.36. The minimum Gasteiger partial charge on any atom is -0.326 e. The van der Waals surface area contributed by atoms with Gasteiger partial charge in [-0.3, -0.25) is 9.59 Å². The van der Waals surface area contributed by atoms with Crippen LogP contribution in [0, 0.1) is 6.92 Å². The van der Waals surface area contributed by atoms with Crippen molar-refractivity contribution >= 4 is 35.0 Å². The lowest BCUT2D eigenvalue weighted by Crippen LogP contribution is -2.32. The molecule has 1 aliphatic heterocycles. The third-order valence-electron chi connectivity index (χ3n) is 3.41. The van der Waals surface area contributed by atoms with Crippen molar-refractivity contribution in [2.75, 3.05) is 10.6 Å². The summed E-state index contributed by atoms with van der Waals surface area (Å²) in [6.45, 7) is 1.99. The molecule has 1 atom stereocenters. The van der Waals surface area contributed by atoms with Crippen LogP contribution in [0.3, 0.4) is 0 Å². The van der Waals surface area contributed by atoms with Crippen LogP contribution in [0.25, 0.3) is 0 Å². The smallest absolute Gasteiger partial charge is 0.238 e. The average Bonchev–Trinajstić information content (AvgIpc) is 2.50. The van der Waals surface area contributed by atoms with Crippen LogP contribution in [0.2, 0.25) is 0 Å². The second-order valence-corrected chi connectivity index (χ2v) is 6.45. The summed E-state index contributed by atoms with van der Waals surface area (Å²) < 4.78 is 0. The zero-order valence-electron chi connectivity index (χ0n) is 12.1. The normalized spacial score (nSPS) is 16.6. The van der Waals surface area contributed by atoms with E-state index in [1.54, 1.807) is 0 Å². The predicted molar refractivity (Wildman–Crippen MR) is 89.1 cm³/mol. The molecular formula is C17H16N2O2S. The van der Waals surface area contributed by atoms with Gasteiger partial charge in [0, 0.05) is 17.0 Å². The molecule has 1 aliphatic rings. The maximum absolute atomic E-state index is 12.1. The maximum Gasteiger partial charge on any atom is 0.238 e. The molecule has 0 aliphatic carbocycles. The van der Waals surface area contributed by atoms with Crippen LogP contribution < -0.4 is 10.6 Å². The summed E-state index contributed by atoms with van der Waals surface area (Å²) in [5.74, 6) is -0.279. The van der Waals surface area contributed by atoms with Gasteiger partial charge >= 0.3 is 0 Å². The van der Waals surface area contributed by atoms with E-state index in [0.717, 1.165) is 21.8 Å². The van der Waals surface area contributed by atoms with Gasteiger partial charge in [-0.15, -0.1) is 11.8 Å². The van der Waals surface area contributed by atoms with E-state index in [0.29, 0.717) is 0 Å². The summed E-state index contributed by atoms with van der Waals surface area (Å²) in [4.78, 5) is 25.2. The molecule has 0 saturated heterocycles. The van der Waals surface area contributed by atoms with Gasteiger partial charge in [0.1, 0.15) is 0 Å². The van der Waals surface area contributed by atoms with Gasteiger partial charge in [-0.1, -0.05) is 29.8 Å². The standard InChI is InChI=1S/C17H16N2O2S/c1-11-6-8-12(9-7-11)18-16(20)10-15-17(21)19-13-4-2-3-5-14(13)22-15/h2-9,15H,10H2,1H3,(H,18,20)(H,19,21)/t15-/m1/s1. The number of aryl methyl sites for hydroxylation is 1. The number of hydrogen-bond donors (Lipinski definition) is 2. The third-order valence-corrected chi connectivity index (χ3v) is 4.69. The largest absolute Gasteiger partial charge is 0.326 e. The van der Waals surface area contributed by atoms with E-state index in [1.807, 2.05) is 55.5 Å². The van der Waals surface area contributed by atoms with Crippen molar-refractivity contribution in [2.24, 2.45) is 0 Å². The first-order valence-electron chi connectivity index (χ1n) is 7.05. The molecule has 22 heavy (non-hydrogen) atoms. The zero-order chi connectivity index (χ0) is 15.5. The molecule has 0 unspecified atom stereocenters. The Morgan fingerprint density at radius 2 is 1.91 bits per heavy atom. The van der Waals surface area contributed by atoms with E-state index in [1.165, 1.54) is 11.8 Å². The van der Waals surface area contributed by atoms with Gasteiger partial charge in [-0.2, -0.15) is 0 Å². The number of anilines is 2. The SMILES string of the molecule is Cc1ccc(NC(=O)C[C@H]2Sc3ccccc3NC2=O)cc1. The number of carbonyl (C=O) groups excluding carboxylic acids is 2. The predicted octanol–water partition coefficient (Wildman–Crippen LogP) is 3.44. The highest BCUT2D eigenvalue weighted by atomic mass is 32.2. The summed E-state index contributed by atoms with van der Waals surface area (Å²) in [5, 5.41) is 5.27. The molecule has 2 N–H and O–H groups in total. The van der Waals surface area contributed by atoms with Crippen LogP contribution >= 0.6 is 11.8 Å². The fourth-order valence-corrected chi connectivity index (χ4v) is 3.35. The Morgan fingerprint density at radius 1 is 1.18 bits per heavy atom. The molecule has 5 heteroatoms. The number of rotatable bonds is 3. The van der Waals surface area contributed by atoms with E-state index in [9.17, 15) is 9.59 Å². The van der Waals surface area contributed by atoms with Gasteiger partial charge in [0.25, 0.3) is 0 Å². The van der Waals surface area contributed by atoms with Gasteiger partial charge in [-0.25, -0.2) is 0 Å². The molecule has 112 valence electrons. The second-order valence-electron chi connectivity index (χ2n) is 5.21. The Labute approximate surface area is 133 Å². The number of thioether (sulfide) groups is 1. The van der Waals surface area contributed by atoms with Crippen LogP contribution in [-0.4, -0.2) is 17.1 Å². The molecule has 0 fully saturated rings. The minimum atomic E-state index is -0.402. The number of amides is 2. The molecule has 2 aromatic carbocycles. The van der Waals surface area contributed by atoms with Gasteiger partial charge in [-0.05, 0) is 31.2 Å². The van der Waals surface area contributed by atoms with Crippen LogP contribution in [-0.2, 0) is 9.59 Å². The Hall–Kier alpha value is -2.27. The molecule has 0 aromatic heterocycles. The Kier molecular flexibility index (Phi) is 4.15. The van der Waals surface area contributed by atoms with E-state index in [4.69, 9.17) is 0 Å². The van der Waals surface area contributed by atoms with Crippen LogP contribution in [0.5, 0.6) is 0 Å². The highest BCUT2D eigenvalue weighted by molar-refractivity contribution is 8.01. The summed E-state index contributed by atoms with van der Waals surface area (Å²) >= 11 is 1.43. The fourth-order valence-electron chi connectivity index (χ4n) is 2.24. The van der Waals surface area contributed by atoms with Crippen molar-refractivity contribution in [1.82, 2.24) is 0 Å². The van der Waals surface area contributed by atoms with Gasteiger partial charge in [0.2, 0.25) is 11.8 Å². The Balaban J connectivity index is 1.64. The lowest BCUT2D eigenvalue weighted by molar-refractivity contribution is -0.120. The molecule has 0 spiro atoms. The Morgan fingerprint density at radius 3 is 2.68 bits per heavy atom. The number of benzene rings is 2. The lowest BCUT2D eigenvalue weighted by atomic mass is 10.2. The molecule has 0 bridgehead atoms. The molecule has 0 saturated carbocycles. The first kappa shape index (κ1) is 14.7. The summed E-state index contributed by atoms with van der Waals surface area (Å²) in [7, 11) is 0. The number of carbonyl (C=O) groups is 2. The number of hydrogen-bond acceptors (Lipinski definition) is 3. The molecule has 4 nitrogen and oxygen atoms in total. The highest BCUT2D eigenvalue weighted by Gasteiger charge is 2.28. The molecule has 2 aromatic rings. The van der Waals surface area contributed by atoms with E-state index < -0.39 is 5.25 Å². The van der Waals surface area contributed by atoms with E-state index >= 15 is 0 Å². The quantitative estimate of drug-likeness (QED) is 0.913. The number of nitrogens with one attached hydrogen (secondary N) is 2. The van der Waals surface area contributed by atoms with Crippen LogP contribution in [0.1, 0.15) is 12.0 Å². The summed E-state index contributed by atoms with van der Waals surface area (Å²) in [5.41, 5.74) is 2.70. The molecule has 2 amide bonds. The number of fused-ring (bicyclic) bond motifs is 1. The van der Waals surface area contributed by atoms with E-state index in [-0.39, 0.29) is 18.2 Å². The molecular weight excluding hydrogens is 296 g/mol. The van der Waals surface area contributed by atoms with Crippen molar-refractivity contribution in [3.8, 4) is 0 Å². The molecule has 3 rings (SSSR count). The number of para-hydroxylation sites is 1.